The molecule has 2 atom stereocenters. The van der Waals surface area contributed by atoms with Crippen LogP contribution in [-0.2, 0) is 11.2 Å². The second-order valence-corrected chi connectivity index (χ2v) is 4.04. The van der Waals surface area contributed by atoms with Gasteiger partial charge in [-0.1, -0.05) is 25.1 Å². The number of hydrogen-bond acceptors (Lipinski definition) is 2. The SMILES string of the molecule is COCC1Nc2ccccc2CC1C. The Hall–Kier alpha value is -1.02. The fourth-order valence-electron chi connectivity index (χ4n) is 2.06. The highest BCUT2D eigenvalue weighted by atomic mass is 16.5. The van der Waals surface area contributed by atoms with Gasteiger partial charge in [-0.05, 0) is 24.0 Å². The number of ether oxygens (including phenoxy) is 1. The van der Waals surface area contributed by atoms with Crippen molar-refractivity contribution >= 4 is 5.69 Å². The molecule has 1 heterocycles. The average molecular weight is 191 g/mol. The van der Waals surface area contributed by atoms with Gasteiger partial charge in [0.05, 0.1) is 12.6 Å². The molecule has 0 saturated carbocycles. The van der Waals surface area contributed by atoms with Crippen molar-refractivity contribution in [2.24, 2.45) is 5.92 Å². The van der Waals surface area contributed by atoms with Crippen LogP contribution in [0.15, 0.2) is 24.3 Å². The Bertz CT molecular complexity index is 311. The molecule has 1 aliphatic heterocycles. The van der Waals surface area contributed by atoms with Crippen molar-refractivity contribution in [3.63, 3.8) is 0 Å². The fraction of sp³-hybridized carbons (Fsp3) is 0.500. The van der Waals surface area contributed by atoms with Gasteiger partial charge >= 0.3 is 0 Å². The molecule has 1 aliphatic rings. The summed E-state index contributed by atoms with van der Waals surface area (Å²) in [5.74, 6) is 0.643. The molecule has 14 heavy (non-hydrogen) atoms. The van der Waals surface area contributed by atoms with Crippen molar-refractivity contribution < 1.29 is 4.74 Å². The number of anilines is 1. The van der Waals surface area contributed by atoms with E-state index in [1.165, 1.54) is 11.3 Å². The summed E-state index contributed by atoms with van der Waals surface area (Å²) in [4.78, 5) is 0. The summed E-state index contributed by atoms with van der Waals surface area (Å²) in [5, 5.41) is 3.52. The number of para-hydroxylation sites is 1. The summed E-state index contributed by atoms with van der Waals surface area (Å²) in [6, 6.07) is 8.97. The molecule has 0 radical (unpaired) electrons. The van der Waals surface area contributed by atoms with Gasteiger partial charge in [-0.3, -0.25) is 0 Å². The molecule has 1 N–H and O–H groups in total. The van der Waals surface area contributed by atoms with E-state index in [4.69, 9.17) is 4.74 Å². The van der Waals surface area contributed by atoms with Gasteiger partial charge in [0.15, 0.2) is 0 Å². The van der Waals surface area contributed by atoms with Crippen LogP contribution in [0, 0.1) is 5.92 Å². The van der Waals surface area contributed by atoms with Crippen molar-refractivity contribution in [3.05, 3.63) is 29.8 Å². The van der Waals surface area contributed by atoms with Gasteiger partial charge < -0.3 is 10.1 Å². The highest BCUT2D eigenvalue weighted by Gasteiger charge is 2.23. The number of methoxy groups -OCH3 is 1. The number of nitrogens with one attached hydrogen (secondary N) is 1. The molecule has 0 bridgehead atoms. The number of fused-ring (bicyclic) bond motifs is 1. The average Bonchev–Trinajstić information content (AvgIpc) is 2.19. The topological polar surface area (TPSA) is 21.3 Å². The summed E-state index contributed by atoms with van der Waals surface area (Å²) in [6.45, 7) is 3.06. The lowest BCUT2D eigenvalue weighted by molar-refractivity contribution is 0.166. The second kappa shape index (κ2) is 4.01. The molecule has 1 aromatic carbocycles. The standard InChI is InChI=1S/C12H17NO/c1-9-7-10-5-3-4-6-11(10)13-12(9)8-14-2/h3-6,9,12-13H,7-8H2,1-2H3. The summed E-state index contributed by atoms with van der Waals surface area (Å²) in [6.07, 6.45) is 1.15. The zero-order chi connectivity index (χ0) is 9.97. The zero-order valence-corrected chi connectivity index (χ0v) is 8.79. The van der Waals surface area contributed by atoms with Gasteiger partial charge in [-0.25, -0.2) is 0 Å². The Morgan fingerprint density at radius 3 is 3.00 bits per heavy atom. The van der Waals surface area contributed by atoms with Crippen molar-refractivity contribution in [1.82, 2.24) is 0 Å². The molecule has 2 unspecified atom stereocenters. The Morgan fingerprint density at radius 1 is 1.43 bits per heavy atom. The zero-order valence-electron chi connectivity index (χ0n) is 8.79. The third-order valence-electron chi connectivity index (χ3n) is 2.93. The van der Waals surface area contributed by atoms with Gasteiger partial charge in [-0.15, -0.1) is 0 Å². The van der Waals surface area contributed by atoms with E-state index in [0.717, 1.165) is 13.0 Å². The van der Waals surface area contributed by atoms with Crippen LogP contribution in [0.3, 0.4) is 0 Å². The highest BCUT2D eigenvalue weighted by Crippen LogP contribution is 2.27. The molecule has 0 fully saturated rings. The van der Waals surface area contributed by atoms with Crippen molar-refractivity contribution in [2.45, 2.75) is 19.4 Å². The minimum Gasteiger partial charge on any atom is -0.383 e. The monoisotopic (exact) mass is 191 g/mol. The van der Waals surface area contributed by atoms with Gasteiger partial charge in [0.1, 0.15) is 0 Å². The third-order valence-corrected chi connectivity index (χ3v) is 2.93. The molecule has 1 aromatic rings. The van der Waals surface area contributed by atoms with Gasteiger partial charge in [-0.2, -0.15) is 0 Å². The lowest BCUT2D eigenvalue weighted by Crippen LogP contribution is -2.36. The summed E-state index contributed by atoms with van der Waals surface area (Å²) in [5.41, 5.74) is 2.69. The Kier molecular flexibility index (Phi) is 2.73. The van der Waals surface area contributed by atoms with Crippen molar-refractivity contribution in [3.8, 4) is 0 Å². The summed E-state index contributed by atoms with van der Waals surface area (Å²) in [7, 11) is 1.76. The smallest absolute Gasteiger partial charge is 0.0666 e. The van der Waals surface area contributed by atoms with E-state index in [1.54, 1.807) is 7.11 Å². The van der Waals surface area contributed by atoms with Crippen molar-refractivity contribution in [2.75, 3.05) is 19.0 Å². The van der Waals surface area contributed by atoms with E-state index in [-0.39, 0.29) is 0 Å². The Labute approximate surface area is 85.3 Å². The quantitative estimate of drug-likeness (QED) is 0.774. The highest BCUT2D eigenvalue weighted by molar-refractivity contribution is 5.54. The lowest BCUT2D eigenvalue weighted by atomic mass is 9.89. The van der Waals surface area contributed by atoms with Crippen LogP contribution in [0.2, 0.25) is 0 Å². The Morgan fingerprint density at radius 2 is 2.21 bits per heavy atom. The predicted octanol–water partition coefficient (Wildman–Crippen LogP) is 2.31. The summed E-state index contributed by atoms with van der Waals surface area (Å²) < 4.78 is 5.20. The largest absolute Gasteiger partial charge is 0.383 e. The summed E-state index contributed by atoms with van der Waals surface area (Å²) >= 11 is 0. The first-order valence-corrected chi connectivity index (χ1v) is 5.14. The van der Waals surface area contributed by atoms with Crippen LogP contribution in [0.5, 0.6) is 0 Å². The van der Waals surface area contributed by atoms with E-state index in [2.05, 4.69) is 36.5 Å². The van der Waals surface area contributed by atoms with Crippen LogP contribution < -0.4 is 5.32 Å². The normalized spacial score (nSPS) is 25.3. The molecule has 2 nitrogen and oxygen atoms in total. The maximum Gasteiger partial charge on any atom is 0.0666 e. The minimum absolute atomic E-state index is 0.454. The lowest BCUT2D eigenvalue weighted by Gasteiger charge is -2.32. The van der Waals surface area contributed by atoms with Crippen LogP contribution in [0.4, 0.5) is 5.69 Å². The molecular formula is C12H17NO. The number of hydrogen-bond donors (Lipinski definition) is 1. The van der Waals surface area contributed by atoms with Crippen LogP contribution in [0.25, 0.3) is 0 Å². The first kappa shape index (κ1) is 9.53. The third kappa shape index (κ3) is 1.75. The molecule has 0 amide bonds. The van der Waals surface area contributed by atoms with Crippen LogP contribution in [0.1, 0.15) is 12.5 Å². The van der Waals surface area contributed by atoms with Gasteiger partial charge in [0.25, 0.3) is 0 Å². The van der Waals surface area contributed by atoms with E-state index < -0.39 is 0 Å². The first-order valence-electron chi connectivity index (χ1n) is 5.14. The van der Waals surface area contributed by atoms with E-state index >= 15 is 0 Å². The van der Waals surface area contributed by atoms with Gasteiger partial charge in [0, 0.05) is 12.8 Å². The number of benzene rings is 1. The van der Waals surface area contributed by atoms with Crippen molar-refractivity contribution in [1.29, 1.82) is 0 Å². The molecular weight excluding hydrogens is 174 g/mol. The molecule has 2 rings (SSSR count). The van der Waals surface area contributed by atoms with E-state index in [0.29, 0.717) is 12.0 Å². The first-order chi connectivity index (χ1) is 6.81. The van der Waals surface area contributed by atoms with Gasteiger partial charge in [0.2, 0.25) is 0 Å². The second-order valence-electron chi connectivity index (χ2n) is 4.04. The molecule has 76 valence electrons. The predicted molar refractivity (Wildman–Crippen MR) is 58.6 cm³/mol. The van der Waals surface area contributed by atoms with E-state index in [9.17, 15) is 0 Å². The minimum atomic E-state index is 0.454. The van der Waals surface area contributed by atoms with E-state index in [1.807, 2.05) is 0 Å². The van der Waals surface area contributed by atoms with Crippen LogP contribution >= 0.6 is 0 Å². The molecule has 0 aliphatic carbocycles. The molecule has 0 spiro atoms. The maximum atomic E-state index is 5.20. The maximum absolute atomic E-state index is 5.20. The number of rotatable bonds is 2. The molecule has 2 heteroatoms. The molecule has 0 aromatic heterocycles. The fourth-order valence-corrected chi connectivity index (χ4v) is 2.06. The molecule has 0 saturated heterocycles. The van der Waals surface area contributed by atoms with Crippen LogP contribution in [-0.4, -0.2) is 19.8 Å². The Balaban J connectivity index is 2.18.